The molecule has 3 aromatic rings. The minimum absolute atomic E-state index is 0.153. The van der Waals surface area contributed by atoms with Crippen molar-refractivity contribution < 1.29 is 23.6 Å². The molecule has 10 heteroatoms. The zero-order valence-electron chi connectivity index (χ0n) is 17.5. The van der Waals surface area contributed by atoms with E-state index in [1.165, 1.54) is 7.11 Å². The molecule has 9 nitrogen and oxygen atoms in total. The van der Waals surface area contributed by atoms with Gasteiger partial charge < -0.3 is 19.3 Å². The summed E-state index contributed by atoms with van der Waals surface area (Å²) in [5.74, 6) is 0.773. The summed E-state index contributed by atoms with van der Waals surface area (Å²) in [6, 6.07) is 13.9. The number of hydrogen-bond acceptors (Lipinski definition) is 7. The van der Waals surface area contributed by atoms with Gasteiger partial charge in [0.05, 0.1) is 6.61 Å². The summed E-state index contributed by atoms with van der Waals surface area (Å²) in [6.07, 6.45) is 0.693. The number of anilines is 2. The van der Waals surface area contributed by atoms with Crippen LogP contribution in [-0.4, -0.2) is 42.5 Å². The normalized spacial score (nSPS) is 10.6. The largest absolute Gasteiger partial charge is 0.447 e. The van der Waals surface area contributed by atoms with Crippen LogP contribution in [0.25, 0.3) is 11.4 Å². The second kappa shape index (κ2) is 11.8. The van der Waals surface area contributed by atoms with Gasteiger partial charge in [-0.05, 0) is 48.9 Å². The summed E-state index contributed by atoms with van der Waals surface area (Å²) in [7, 11) is 1.52. The van der Waals surface area contributed by atoms with E-state index in [-0.39, 0.29) is 18.9 Å². The van der Waals surface area contributed by atoms with E-state index in [0.29, 0.717) is 47.6 Å². The van der Waals surface area contributed by atoms with E-state index >= 15 is 0 Å². The molecule has 0 saturated heterocycles. The number of carbonyl (C=O) groups is 2. The molecule has 0 aliphatic heterocycles. The Kier molecular flexibility index (Phi) is 8.59. The van der Waals surface area contributed by atoms with Crippen LogP contribution in [-0.2, 0) is 20.7 Å². The van der Waals surface area contributed by atoms with Gasteiger partial charge in [-0.25, -0.2) is 4.79 Å². The van der Waals surface area contributed by atoms with E-state index in [1.807, 2.05) is 12.1 Å². The first kappa shape index (κ1) is 23.2. The van der Waals surface area contributed by atoms with Gasteiger partial charge in [0, 0.05) is 41.9 Å². The van der Waals surface area contributed by atoms with Gasteiger partial charge in [0.1, 0.15) is 6.61 Å². The summed E-state index contributed by atoms with van der Waals surface area (Å²) >= 11 is 5.88. The lowest BCUT2D eigenvalue weighted by Crippen LogP contribution is -2.16. The van der Waals surface area contributed by atoms with Gasteiger partial charge in [-0.1, -0.05) is 22.8 Å². The van der Waals surface area contributed by atoms with Crippen molar-refractivity contribution in [1.82, 2.24) is 10.1 Å². The molecule has 32 heavy (non-hydrogen) atoms. The maximum absolute atomic E-state index is 12.3. The van der Waals surface area contributed by atoms with Crippen LogP contribution in [0.5, 0.6) is 0 Å². The molecule has 1 heterocycles. The summed E-state index contributed by atoms with van der Waals surface area (Å²) in [5.41, 5.74) is 1.87. The molecule has 0 atom stereocenters. The van der Waals surface area contributed by atoms with Crippen LogP contribution in [0.2, 0.25) is 5.02 Å². The van der Waals surface area contributed by atoms with E-state index in [0.717, 1.165) is 5.56 Å². The van der Waals surface area contributed by atoms with Gasteiger partial charge in [0.15, 0.2) is 0 Å². The van der Waals surface area contributed by atoms with Gasteiger partial charge in [0.2, 0.25) is 17.6 Å². The Morgan fingerprint density at radius 2 is 1.81 bits per heavy atom. The maximum atomic E-state index is 12.3. The second-order valence-electron chi connectivity index (χ2n) is 6.75. The number of carbonyl (C=O) groups excluding carboxylic acids is 2. The Labute approximate surface area is 190 Å². The Hall–Kier alpha value is -3.43. The van der Waals surface area contributed by atoms with Gasteiger partial charge in [-0.2, -0.15) is 4.98 Å². The van der Waals surface area contributed by atoms with Crippen molar-refractivity contribution in [1.29, 1.82) is 0 Å². The number of rotatable bonds is 10. The number of methoxy groups -OCH3 is 1. The summed E-state index contributed by atoms with van der Waals surface area (Å²) in [6.45, 7) is 0.468. The van der Waals surface area contributed by atoms with Crippen molar-refractivity contribution in [2.45, 2.75) is 19.3 Å². The summed E-state index contributed by atoms with van der Waals surface area (Å²) in [5, 5.41) is 9.98. The van der Waals surface area contributed by atoms with Crippen molar-refractivity contribution in [3.05, 3.63) is 59.4 Å². The van der Waals surface area contributed by atoms with Crippen LogP contribution in [0, 0.1) is 0 Å². The van der Waals surface area contributed by atoms with Crippen LogP contribution >= 0.6 is 11.6 Å². The molecule has 1 aromatic heterocycles. The molecule has 0 spiro atoms. The lowest BCUT2D eigenvalue weighted by atomic mass is 10.2. The zero-order chi connectivity index (χ0) is 22.8. The molecule has 2 N–H and O–H groups in total. The molecule has 0 fully saturated rings. The molecule has 168 valence electrons. The highest BCUT2D eigenvalue weighted by atomic mass is 35.5. The maximum Gasteiger partial charge on any atom is 0.411 e. The number of aryl methyl sites for hydroxylation is 1. The summed E-state index contributed by atoms with van der Waals surface area (Å²) in [4.78, 5) is 28.3. The Morgan fingerprint density at radius 3 is 2.56 bits per heavy atom. The van der Waals surface area contributed by atoms with Crippen molar-refractivity contribution in [2.75, 3.05) is 31.0 Å². The molecular formula is C22H23ClN4O5. The lowest BCUT2D eigenvalue weighted by molar-refractivity contribution is -0.116. The van der Waals surface area contributed by atoms with Crippen LogP contribution in [0.15, 0.2) is 53.1 Å². The molecule has 3 rings (SSSR count). The molecule has 2 aromatic carbocycles. The fourth-order valence-electron chi connectivity index (χ4n) is 2.74. The molecule has 0 radical (unpaired) electrons. The Bertz CT molecular complexity index is 1040. The molecule has 0 aliphatic rings. The first-order valence-corrected chi connectivity index (χ1v) is 10.3. The average molecular weight is 459 g/mol. The molecule has 0 bridgehead atoms. The molecule has 0 aliphatic carbocycles. The zero-order valence-corrected chi connectivity index (χ0v) is 18.2. The topological polar surface area (TPSA) is 116 Å². The minimum atomic E-state index is -0.594. The van der Waals surface area contributed by atoms with E-state index in [9.17, 15) is 9.59 Å². The van der Waals surface area contributed by atoms with Crippen LogP contribution in [0.4, 0.5) is 16.2 Å². The van der Waals surface area contributed by atoms with Crippen molar-refractivity contribution in [3.8, 4) is 11.4 Å². The third-order valence-corrected chi connectivity index (χ3v) is 4.53. The first-order chi connectivity index (χ1) is 15.5. The molecular weight excluding hydrogens is 436 g/mol. The van der Waals surface area contributed by atoms with Gasteiger partial charge in [0.25, 0.3) is 0 Å². The number of nitrogens with zero attached hydrogens (tertiary/aromatic N) is 2. The van der Waals surface area contributed by atoms with Crippen LogP contribution < -0.4 is 10.6 Å². The van der Waals surface area contributed by atoms with Crippen LogP contribution in [0.3, 0.4) is 0 Å². The number of halogens is 1. The minimum Gasteiger partial charge on any atom is -0.447 e. The quantitative estimate of drug-likeness (QED) is 0.428. The Morgan fingerprint density at radius 1 is 1.06 bits per heavy atom. The highest BCUT2D eigenvalue weighted by molar-refractivity contribution is 6.30. The van der Waals surface area contributed by atoms with Gasteiger partial charge in [-0.3, -0.25) is 10.1 Å². The SMILES string of the molecule is COCCOC(=O)Nc1cccc(NC(=O)CCCc2nc(-c3ccc(Cl)cc3)no2)c1. The monoisotopic (exact) mass is 458 g/mol. The van der Waals surface area contributed by atoms with Crippen molar-refractivity contribution in [3.63, 3.8) is 0 Å². The van der Waals surface area contributed by atoms with Crippen molar-refractivity contribution >= 4 is 35.0 Å². The number of benzene rings is 2. The van der Waals surface area contributed by atoms with E-state index in [4.69, 9.17) is 25.6 Å². The van der Waals surface area contributed by atoms with Gasteiger partial charge in [-0.15, -0.1) is 0 Å². The number of nitrogens with one attached hydrogen (secondary N) is 2. The predicted octanol–water partition coefficient (Wildman–Crippen LogP) is 4.55. The number of ether oxygens (including phenoxy) is 2. The van der Waals surface area contributed by atoms with Crippen molar-refractivity contribution in [2.24, 2.45) is 0 Å². The predicted molar refractivity (Wildman–Crippen MR) is 120 cm³/mol. The third-order valence-electron chi connectivity index (χ3n) is 4.28. The average Bonchev–Trinajstić information content (AvgIpc) is 3.23. The van der Waals surface area contributed by atoms with E-state index < -0.39 is 6.09 Å². The number of hydrogen-bond donors (Lipinski definition) is 2. The standard InChI is InChI=1S/C22H23ClN4O5/c1-30-12-13-31-22(29)25-18-5-2-4-17(14-18)24-19(28)6-3-7-20-26-21(27-32-20)15-8-10-16(23)11-9-15/h2,4-5,8-11,14H,3,6-7,12-13H2,1H3,(H,24,28)(H,25,29). The smallest absolute Gasteiger partial charge is 0.411 e. The highest BCUT2D eigenvalue weighted by Crippen LogP contribution is 2.19. The fraction of sp³-hybridized carbons (Fsp3) is 0.273. The lowest BCUT2D eigenvalue weighted by Gasteiger charge is -2.09. The Balaban J connectivity index is 1.43. The van der Waals surface area contributed by atoms with E-state index in [2.05, 4.69) is 20.8 Å². The highest BCUT2D eigenvalue weighted by Gasteiger charge is 2.10. The third kappa shape index (κ3) is 7.36. The molecule has 0 unspecified atom stereocenters. The van der Waals surface area contributed by atoms with E-state index in [1.54, 1.807) is 36.4 Å². The van der Waals surface area contributed by atoms with Gasteiger partial charge >= 0.3 is 6.09 Å². The first-order valence-electron chi connectivity index (χ1n) is 9.94. The number of aromatic nitrogens is 2. The molecule has 2 amide bonds. The number of amides is 2. The molecule has 0 saturated carbocycles. The van der Waals surface area contributed by atoms with Crippen LogP contribution in [0.1, 0.15) is 18.7 Å². The summed E-state index contributed by atoms with van der Waals surface area (Å²) < 4.78 is 15.0. The fourth-order valence-corrected chi connectivity index (χ4v) is 2.87. The second-order valence-corrected chi connectivity index (χ2v) is 7.19.